The molecule has 2 fully saturated rings. The molecule has 2 saturated heterocycles. The number of anilines is 1. The molecule has 4 rings (SSSR count). The summed E-state index contributed by atoms with van der Waals surface area (Å²) in [5.41, 5.74) is -0.372. The van der Waals surface area contributed by atoms with Crippen LogP contribution in [0.15, 0.2) is 18.2 Å². The third-order valence-electron chi connectivity index (χ3n) is 6.14. The number of imide groups is 1. The quantitative estimate of drug-likeness (QED) is 0.714. The van der Waals surface area contributed by atoms with Crippen molar-refractivity contribution in [2.75, 3.05) is 25.6 Å². The first-order valence-corrected chi connectivity index (χ1v) is 9.14. The first kappa shape index (κ1) is 18.1. The van der Waals surface area contributed by atoms with E-state index < -0.39 is 23.2 Å². The van der Waals surface area contributed by atoms with Crippen LogP contribution < -0.4 is 10.6 Å². The number of fused-ring (bicyclic) bond motifs is 4. The fourth-order valence-electron chi connectivity index (χ4n) is 4.93. The van der Waals surface area contributed by atoms with Crippen molar-refractivity contribution in [3.63, 3.8) is 0 Å². The number of hydrogen-bond acceptors (Lipinski definition) is 4. The van der Waals surface area contributed by atoms with E-state index in [1.807, 2.05) is 19.2 Å². The fourth-order valence-corrected chi connectivity index (χ4v) is 4.93. The van der Waals surface area contributed by atoms with Gasteiger partial charge in [-0.3, -0.25) is 19.3 Å². The first-order valence-electron chi connectivity index (χ1n) is 9.14. The largest absolute Gasteiger partial charge is 0.383 e. The van der Waals surface area contributed by atoms with Crippen molar-refractivity contribution in [2.24, 2.45) is 17.8 Å². The van der Waals surface area contributed by atoms with Crippen molar-refractivity contribution in [3.8, 4) is 0 Å². The highest BCUT2D eigenvalue weighted by Gasteiger charge is 2.74. The molecule has 3 amide bonds. The molecule has 0 radical (unpaired) electrons. The van der Waals surface area contributed by atoms with Crippen molar-refractivity contribution >= 4 is 23.4 Å². The van der Waals surface area contributed by atoms with Gasteiger partial charge in [-0.2, -0.15) is 0 Å². The molecule has 0 unspecified atom stereocenters. The highest BCUT2D eigenvalue weighted by Crippen LogP contribution is 2.49. The predicted octanol–water partition coefficient (Wildman–Crippen LogP) is -0.178. The average molecular weight is 376 g/mol. The first-order chi connectivity index (χ1) is 12.8. The minimum atomic E-state index is -1.31. The second kappa shape index (κ2) is 6.10. The maximum Gasteiger partial charge on any atom is 0.291 e. The van der Waals surface area contributed by atoms with E-state index in [2.05, 4.69) is 5.32 Å². The van der Waals surface area contributed by atoms with Crippen molar-refractivity contribution < 1.29 is 28.8 Å². The van der Waals surface area contributed by atoms with E-state index in [0.29, 0.717) is 11.3 Å². The molecule has 3 aliphatic heterocycles. The minimum Gasteiger partial charge on any atom is -0.383 e. The molecule has 1 aromatic rings. The van der Waals surface area contributed by atoms with E-state index >= 15 is 0 Å². The molecular formula is C19H23FN3O4+. The van der Waals surface area contributed by atoms with E-state index in [1.54, 1.807) is 0 Å². The number of amides is 3. The molecule has 144 valence electrons. The second-order valence-corrected chi connectivity index (χ2v) is 7.83. The van der Waals surface area contributed by atoms with E-state index in [9.17, 15) is 18.8 Å². The van der Waals surface area contributed by atoms with E-state index in [-0.39, 0.29) is 42.8 Å². The Kier molecular flexibility index (Phi) is 4.08. The summed E-state index contributed by atoms with van der Waals surface area (Å²) in [7, 11) is 1.50. The lowest BCUT2D eigenvalue weighted by Gasteiger charge is -2.27. The Morgan fingerprint density at radius 1 is 1.30 bits per heavy atom. The van der Waals surface area contributed by atoms with Crippen LogP contribution in [0.25, 0.3) is 0 Å². The Labute approximate surface area is 156 Å². The molecule has 3 N–H and O–H groups in total. The van der Waals surface area contributed by atoms with E-state index in [0.717, 1.165) is 0 Å². The van der Waals surface area contributed by atoms with Gasteiger partial charge in [-0.05, 0) is 18.2 Å². The van der Waals surface area contributed by atoms with Crippen LogP contribution in [-0.2, 0) is 24.7 Å². The number of carbonyl (C=O) groups is 3. The maximum absolute atomic E-state index is 14.0. The molecule has 0 bridgehead atoms. The number of nitrogens with two attached hydrogens (primary N) is 1. The highest BCUT2D eigenvalue weighted by atomic mass is 19.1. The van der Waals surface area contributed by atoms with Crippen LogP contribution in [0.3, 0.4) is 0 Å². The minimum absolute atomic E-state index is 0.0569. The molecular weight excluding hydrogens is 353 g/mol. The van der Waals surface area contributed by atoms with Crippen LogP contribution in [0, 0.1) is 23.6 Å². The normalized spacial score (nSPS) is 31.8. The number of nitrogens with zero attached hydrogens (tertiary/aromatic N) is 1. The lowest BCUT2D eigenvalue weighted by atomic mass is 9.76. The summed E-state index contributed by atoms with van der Waals surface area (Å²) in [6, 6.07) is 3.84. The van der Waals surface area contributed by atoms with Crippen molar-refractivity contribution in [2.45, 2.75) is 25.4 Å². The molecule has 7 nitrogen and oxygen atoms in total. The van der Waals surface area contributed by atoms with Crippen molar-refractivity contribution in [1.29, 1.82) is 0 Å². The molecule has 3 aliphatic rings. The van der Waals surface area contributed by atoms with Crippen LogP contribution in [0.1, 0.15) is 19.4 Å². The molecule has 0 saturated carbocycles. The fraction of sp³-hybridized carbons (Fsp3) is 0.526. The number of nitrogens with one attached hydrogen (secondary N) is 1. The summed E-state index contributed by atoms with van der Waals surface area (Å²) >= 11 is 0. The average Bonchev–Trinajstić information content (AvgIpc) is 3.20. The summed E-state index contributed by atoms with van der Waals surface area (Å²) < 4.78 is 19.0. The second-order valence-electron chi connectivity index (χ2n) is 7.83. The SMILES string of the molecule is COCCN1C(=O)[C@@H]2[C@@H](C(C)C)[NH2+][C@@]3(C(=O)Nc4ccc(F)cc43)[C@@H]2C1=O. The Hall–Kier alpha value is -2.32. The predicted molar refractivity (Wildman–Crippen MR) is 92.8 cm³/mol. The van der Waals surface area contributed by atoms with E-state index in [1.165, 1.54) is 30.2 Å². The molecule has 3 heterocycles. The number of likely N-dealkylation sites (tertiary alicyclic amines) is 1. The third kappa shape index (κ3) is 2.29. The smallest absolute Gasteiger partial charge is 0.291 e. The Morgan fingerprint density at radius 2 is 2.04 bits per heavy atom. The van der Waals surface area contributed by atoms with Crippen LogP contribution in [-0.4, -0.2) is 48.9 Å². The van der Waals surface area contributed by atoms with Gasteiger partial charge in [0, 0.05) is 18.6 Å². The van der Waals surface area contributed by atoms with Crippen LogP contribution in [0.2, 0.25) is 0 Å². The monoisotopic (exact) mass is 376 g/mol. The maximum atomic E-state index is 14.0. The zero-order chi connectivity index (χ0) is 19.5. The lowest BCUT2D eigenvalue weighted by Crippen LogP contribution is -2.99. The summed E-state index contributed by atoms with van der Waals surface area (Å²) in [4.78, 5) is 40.6. The standard InChI is InChI=1S/C19H22FN3O4/c1-9(2)15-13-14(17(25)23(16(13)24)6-7-27-3)19(22-15)11-8-10(20)4-5-12(11)21-18(19)26/h4-5,8-9,13-15,22H,6-7H2,1-3H3,(H,21,26)/p+1/t13-,14-,15+,19+/m0/s1. The number of quaternary nitrogens is 1. The Morgan fingerprint density at radius 3 is 2.70 bits per heavy atom. The molecule has 1 spiro atoms. The molecule has 27 heavy (non-hydrogen) atoms. The molecule has 4 atom stereocenters. The number of methoxy groups -OCH3 is 1. The Balaban J connectivity index is 1.86. The number of hydrogen-bond donors (Lipinski definition) is 2. The molecule has 8 heteroatoms. The number of carbonyl (C=O) groups excluding carboxylic acids is 3. The van der Waals surface area contributed by atoms with Gasteiger partial charge in [0.15, 0.2) is 0 Å². The zero-order valence-electron chi connectivity index (χ0n) is 15.5. The van der Waals surface area contributed by atoms with Gasteiger partial charge < -0.3 is 15.4 Å². The van der Waals surface area contributed by atoms with Gasteiger partial charge in [-0.15, -0.1) is 0 Å². The van der Waals surface area contributed by atoms with Gasteiger partial charge in [0.05, 0.1) is 18.8 Å². The van der Waals surface area contributed by atoms with E-state index in [4.69, 9.17) is 4.74 Å². The summed E-state index contributed by atoms with van der Waals surface area (Å²) in [6.45, 7) is 4.31. The summed E-state index contributed by atoms with van der Waals surface area (Å²) in [5, 5.41) is 4.60. The number of halogens is 1. The van der Waals surface area contributed by atoms with Gasteiger partial charge in [0.2, 0.25) is 17.4 Å². The number of benzene rings is 1. The van der Waals surface area contributed by atoms with Gasteiger partial charge >= 0.3 is 0 Å². The lowest BCUT2D eigenvalue weighted by molar-refractivity contribution is -0.738. The zero-order valence-corrected chi connectivity index (χ0v) is 15.5. The number of rotatable bonds is 4. The van der Waals surface area contributed by atoms with Crippen molar-refractivity contribution in [3.05, 3.63) is 29.6 Å². The van der Waals surface area contributed by atoms with Crippen LogP contribution in [0.4, 0.5) is 10.1 Å². The van der Waals surface area contributed by atoms with Gasteiger partial charge in [-0.25, -0.2) is 4.39 Å². The van der Waals surface area contributed by atoms with Crippen molar-refractivity contribution in [1.82, 2.24) is 4.90 Å². The number of ether oxygens (including phenoxy) is 1. The Bertz CT molecular complexity index is 842. The van der Waals surface area contributed by atoms with Gasteiger partial charge in [0.1, 0.15) is 23.7 Å². The topological polar surface area (TPSA) is 92.3 Å². The molecule has 0 aromatic heterocycles. The highest BCUT2D eigenvalue weighted by molar-refractivity contribution is 6.13. The third-order valence-corrected chi connectivity index (χ3v) is 6.14. The molecule has 0 aliphatic carbocycles. The van der Waals surface area contributed by atoms with Gasteiger partial charge in [-0.1, -0.05) is 13.8 Å². The summed E-state index contributed by atoms with van der Waals surface area (Å²) in [6.07, 6.45) is 0. The molecule has 1 aromatic carbocycles. The summed E-state index contributed by atoms with van der Waals surface area (Å²) in [5.74, 6) is -2.90. The van der Waals surface area contributed by atoms with Crippen LogP contribution in [0.5, 0.6) is 0 Å². The van der Waals surface area contributed by atoms with Gasteiger partial charge in [0.25, 0.3) is 5.91 Å². The van der Waals surface area contributed by atoms with Crippen LogP contribution >= 0.6 is 0 Å².